The number of nitrogens with zero attached hydrogens (tertiary/aromatic N) is 3. The lowest BCUT2D eigenvalue weighted by Gasteiger charge is -2.41. The molecule has 2 atom stereocenters. The molecule has 0 bridgehead atoms. The number of benzene rings is 1. The highest BCUT2D eigenvalue weighted by Gasteiger charge is 2.40. The normalized spacial score (nSPS) is 20.7. The molecule has 10 heteroatoms. The minimum absolute atomic E-state index is 0.0939. The summed E-state index contributed by atoms with van der Waals surface area (Å²) in [6.45, 7) is 7.70. The highest BCUT2D eigenvalue weighted by atomic mass is 19.3. The fourth-order valence-corrected chi connectivity index (χ4v) is 6.27. The van der Waals surface area contributed by atoms with Gasteiger partial charge in [0.2, 0.25) is 5.91 Å². The Kier molecular flexibility index (Phi) is 10.2. The summed E-state index contributed by atoms with van der Waals surface area (Å²) in [5, 5.41) is 21.4. The first kappa shape index (κ1) is 32.1. The molecule has 232 valence electrons. The van der Waals surface area contributed by atoms with Crippen molar-refractivity contribution < 1.29 is 28.6 Å². The van der Waals surface area contributed by atoms with Crippen molar-refractivity contribution in [2.45, 2.75) is 70.3 Å². The second-order valence-electron chi connectivity index (χ2n) is 11.4. The summed E-state index contributed by atoms with van der Waals surface area (Å²) in [6, 6.07) is 7.98. The van der Waals surface area contributed by atoms with E-state index in [-0.39, 0.29) is 29.0 Å². The molecule has 1 aliphatic carbocycles. The van der Waals surface area contributed by atoms with Crippen LogP contribution in [0.3, 0.4) is 0 Å². The lowest BCUT2D eigenvalue weighted by atomic mass is 9.80. The number of anilines is 1. The van der Waals surface area contributed by atoms with E-state index in [1.807, 2.05) is 12.1 Å². The zero-order chi connectivity index (χ0) is 31.3. The van der Waals surface area contributed by atoms with E-state index < -0.39 is 17.7 Å². The van der Waals surface area contributed by atoms with Crippen LogP contribution in [0.4, 0.5) is 14.5 Å². The van der Waals surface area contributed by atoms with E-state index >= 15 is 0 Å². The zero-order valence-electron chi connectivity index (χ0n) is 25.2. The maximum Gasteiger partial charge on any atom is 0.286 e. The predicted octanol–water partition coefficient (Wildman–Crippen LogP) is 5.80. The molecule has 2 unspecified atom stereocenters. The predicted molar refractivity (Wildman–Crippen MR) is 162 cm³/mol. The number of phenols is 1. The molecule has 2 aliphatic heterocycles. The number of aromatic hydroxyl groups is 1. The molecule has 0 spiro atoms. The fraction of sp³-hybridized carbons (Fsp3) is 0.485. The molecule has 43 heavy (non-hydrogen) atoms. The van der Waals surface area contributed by atoms with Gasteiger partial charge in [-0.2, -0.15) is 8.78 Å². The van der Waals surface area contributed by atoms with Gasteiger partial charge in [0, 0.05) is 52.0 Å². The van der Waals surface area contributed by atoms with E-state index in [2.05, 4.69) is 29.9 Å². The summed E-state index contributed by atoms with van der Waals surface area (Å²) in [5.41, 5.74) is 3.58. The molecule has 8 nitrogen and oxygen atoms in total. The first-order valence-corrected chi connectivity index (χ1v) is 14.9. The van der Waals surface area contributed by atoms with E-state index in [4.69, 9.17) is 5.11 Å². The zero-order valence-corrected chi connectivity index (χ0v) is 25.2. The van der Waals surface area contributed by atoms with Gasteiger partial charge < -0.3 is 25.3 Å². The monoisotopic (exact) mass is 596 g/mol. The molecule has 1 saturated carbocycles. The number of hydrogen-bond acceptors (Lipinski definition) is 6. The Balaban J connectivity index is 0.00000207. The number of aliphatic hydroxyl groups is 1. The third kappa shape index (κ3) is 6.90. The van der Waals surface area contributed by atoms with Gasteiger partial charge in [-0.15, -0.1) is 0 Å². The number of pyridine rings is 1. The Morgan fingerprint density at radius 3 is 2.47 bits per heavy atom. The first-order valence-electron chi connectivity index (χ1n) is 14.9. The Hall–Kier alpha value is -3.79. The summed E-state index contributed by atoms with van der Waals surface area (Å²) in [5.74, 6) is -2.83. The summed E-state index contributed by atoms with van der Waals surface area (Å²) in [4.78, 5) is 33.9. The molecule has 1 aromatic heterocycles. The van der Waals surface area contributed by atoms with Crippen molar-refractivity contribution in [2.75, 3.05) is 32.1 Å². The third-order valence-corrected chi connectivity index (χ3v) is 8.85. The lowest BCUT2D eigenvalue weighted by molar-refractivity contribution is -0.126. The van der Waals surface area contributed by atoms with E-state index in [0.29, 0.717) is 37.7 Å². The molecule has 1 aromatic carbocycles. The molecule has 2 aromatic rings. The van der Waals surface area contributed by atoms with Crippen LogP contribution in [0.5, 0.6) is 5.75 Å². The smallest absolute Gasteiger partial charge is 0.286 e. The number of halogens is 2. The van der Waals surface area contributed by atoms with Crippen molar-refractivity contribution >= 4 is 17.5 Å². The van der Waals surface area contributed by atoms with Gasteiger partial charge in [0.05, 0.1) is 17.3 Å². The Bertz CT molecular complexity index is 1350. The summed E-state index contributed by atoms with van der Waals surface area (Å²) < 4.78 is 27.5. The Morgan fingerprint density at radius 1 is 1.16 bits per heavy atom. The number of alkyl halides is 2. The van der Waals surface area contributed by atoms with E-state index in [0.717, 1.165) is 56.6 Å². The number of amides is 2. The molecule has 1 saturated heterocycles. The van der Waals surface area contributed by atoms with Crippen LogP contribution in [-0.4, -0.2) is 69.6 Å². The number of rotatable bonds is 7. The van der Waals surface area contributed by atoms with E-state index in [9.17, 15) is 23.5 Å². The summed E-state index contributed by atoms with van der Waals surface area (Å²) in [6.07, 6.45) is 8.05. The number of nitrogens with one attached hydrogen (secondary N) is 1. The number of aromatic nitrogens is 1. The molecule has 0 radical (unpaired) electrons. The second kappa shape index (κ2) is 13.7. The standard InChI is InChI=1S/C32H38F2N4O3.CH4O/c1-4-20-13-15-37(29(40)5-2)19-26-30(20)25(36-24-11-9-22(17-27(24)39)21-7-6-8-21)14-16-38(26)31(41)23-10-12-28(35-18-23)32(3,33)34;1-2/h5,9-12,17-18,20-21,26,36,39H,2,4,6-8,13-16,19H2,1,3H3;2H,1H3. The number of hydrogen-bond donors (Lipinski definition) is 3. The van der Waals surface area contributed by atoms with Gasteiger partial charge in [-0.3, -0.25) is 14.6 Å². The number of fused-ring (bicyclic) bond motifs is 1. The molecule has 3 N–H and O–H groups in total. The Labute approximate surface area is 252 Å². The van der Waals surface area contributed by atoms with Crippen LogP contribution in [-0.2, 0) is 10.7 Å². The molecule has 2 fully saturated rings. The van der Waals surface area contributed by atoms with Crippen molar-refractivity contribution in [3.8, 4) is 5.75 Å². The van der Waals surface area contributed by atoms with Gasteiger partial charge in [-0.05, 0) is 79.0 Å². The van der Waals surface area contributed by atoms with Crippen LogP contribution >= 0.6 is 0 Å². The van der Waals surface area contributed by atoms with Gasteiger partial charge in [0.25, 0.3) is 11.8 Å². The number of aliphatic hydroxyl groups excluding tert-OH is 1. The fourth-order valence-electron chi connectivity index (χ4n) is 6.27. The van der Waals surface area contributed by atoms with Gasteiger partial charge in [-0.1, -0.05) is 26.0 Å². The van der Waals surface area contributed by atoms with Crippen molar-refractivity contribution in [3.63, 3.8) is 0 Å². The lowest BCUT2D eigenvalue weighted by Crippen LogP contribution is -2.51. The number of likely N-dealkylation sites (tertiary alicyclic amines) is 1. The first-order chi connectivity index (χ1) is 20.6. The highest BCUT2D eigenvalue weighted by Crippen LogP contribution is 2.41. The maximum absolute atomic E-state index is 13.8. The molecule has 3 aliphatic rings. The van der Waals surface area contributed by atoms with E-state index in [1.165, 1.54) is 30.8 Å². The van der Waals surface area contributed by atoms with Crippen molar-refractivity contribution in [1.29, 1.82) is 0 Å². The minimum atomic E-state index is -3.11. The largest absolute Gasteiger partial charge is 0.506 e. The molecular formula is C33H42F2N4O4. The highest BCUT2D eigenvalue weighted by molar-refractivity contribution is 5.95. The molecule has 3 heterocycles. The van der Waals surface area contributed by atoms with Crippen LogP contribution in [0, 0.1) is 5.92 Å². The topological polar surface area (TPSA) is 106 Å². The number of phenolic OH excluding ortho intramolecular Hbond substituents is 1. The third-order valence-electron chi connectivity index (χ3n) is 8.85. The average molecular weight is 597 g/mol. The minimum Gasteiger partial charge on any atom is -0.506 e. The van der Waals surface area contributed by atoms with Crippen molar-refractivity contribution in [3.05, 3.63) is 77.3 Å². The van der Waals surface area contributed by atoms with Gasteiger partial charge in [-0.25, -0.2) is 0 Å². The quantitative estimate of drug-likeness (QED) is 0.276. The van der Waals surface area contributed by atoms with Crippen LogP contribution in [0.15, 0.2) is 60.5 Å². The number of carbonyl (C=O) groups is 2. The van der Waals surface area contributed by atoms with Crippen LogP contribution < -0.4 is 5.32 Å². The average Bonchev–Trinajstić information content (AvgIpc) is 3.18. The van der Waals surface area contributed by atoms with Crippen molar-refractivity contribution in [1.82, 2.24) is 14.8 Å². The van der Waals surface area contributed by atoms with Crippen LogP contribution in [0.1, 0.15) is 79.9 Å². The molecule has 5 rings (SSSR count). The summed E-state index contributed by atoms with van der Waals surface area (Å²) in [7, 11) is 1.00. The van der Waals surface area contributed by atoms with Crippen LogP contribution in [0.25, 0.3) is 0 Å². The number of carbonyl (C=O) groups excluding carboxylic acids is 2. The van der Waals surface area contributed by atoms with Crippen LogP contribution in [0.2, 0.25) is 0 Å². The van der Waals surface area contributed by atoms with E-state index in [1.54, 1.807) is 9.80 Å². The molecule has 2 amide bonds. The van der Waals surface area contributed by atoms with Crippen molar-refractivity contribution in [2.24, 2.45) is 5.92 Å². The van der Waals surface area contributed by atoms with Gasteiger partial charge in [0.1, 0.15) is 11.4 Å². The van der Waals surface area contributed by atoms with Gasteiger partial charge >= 0.3 is 0 Å². The molecular weight excluding hydrogens is 554 g/mol. The SMILES string of the molecule is C=CC(=O)N1CCC(CC)C2=C(Nc3ccc(C4CCC4)cc3O)CCN(C(=O)c3ccc(C(C)(F)F)nc3)C2C1.CO. The summed E-state index contributed by atoms with van der Waals surface area (Å²) >= 11 is 0. The van der Waals surface area contributed by atoms with Gasteiger partial charge in [0.15, 0.2) is 0 Å². The second-order valence-corrected chi connectivity index (χ2v) is 11.4. The maximum atomic E-state index is 13.8. The Morgan fingerprint density at radius 2 is 1.91 bits per heavy atom.